The van der Waals surface area contributed by atoms with Crippen LogP contribution in [0.3, 0.4) is 0 Å². The van der Waals surface area contributed by atoms with Crippen molar-refractivity contribution in [1.82, 2.24) is 19.9 Å². The molecule has 1 aromatic carbocycles. The molecule has 2 aromatic rings. The number of aliphatic hydroxyl groups excluding tert-OH is 1. The number of ether oxygens (including phenoxy) is 1. The van der Waals surface area contributed by atoms with Gasteiger partial charge in [0.2, 0.25) is 0 Å². The molecule has 7 heteroatoms. The van der Waals surface area contributed by atoms with Crippen LogP contribution < -0.4 is 0 Å². The first-order valence-electron chi connectivity index (χ1n) is 7.79. The van der Waals surface area contributed by atoms with E-state index in [2.05, 4.69) is 15.2 Å². The van der Waals surface area contributed by atoms with Crippen molar-refractivity contribution in [3.05, 3.63) is 48.0 Å². The number of benzene rings is 1. The standard InChI is InChI=1S/C16H21FN4O2/c17-14-3-1-13(2-4-14)9-15(22)10-20-7-8-23-16(11-20)12-21-6-5-18-19-21/h1-6,15-16,22H,7-12H2. The number of β-amino-alcohol motifs (C(OH)–C–C–N with tert-alkyl or cyclic N) is 1. The lowest BCUT2D eigenvalue weighted by molar-refractivity contribution is -0.0483. The minimum Gasteiger partial charge on any atom is -0.391 e. The summed E-state index contributed by atoms with van der Waals surface area (Å²) < 4.78 is 20.4. The van der Waals surface area contributed by atoms with Crippen LogP contribution in [0.5, 0.6) is 0 Å². The van der Waals surface area contributed by atoms with Gasteiger partial charge in [0.1, 0.15) is 5.82 Å². The third kappa shape index (κ3) is 4.82. The Balaban J connectivity index is 1.47. The van der Waals surface area contributed by atoms with E-state index in [4.69, 9.17) is 4.74 Å². The highest BCUT2D eigenvalue weighted by Gasteiger charge is 2.23. The largest absolute Gasteiger partial charge is 0.391 e. The molecule has 0 bridgehead atoms. The number of morpholine rings is 1. The Morgan fingerprint density at radius 1 is 1.35 bits per heavy atom. The maximum absolute atomic E-state index is 12.9. The Morgan fingerprint density at radius 2 is 2.17 bits per heavy atom. The second-order valence-corrected chi connectivity index (χ2v) is 5.86. The second kappa shape index (κ2) is 7.63. The molecule has 1 aliphatic heterocycles. The first kappa shape index (κ1) is 16.0. The highest BCUT2D eigenvalue weighted by atomic mass is 19.1. The van der Waals surface area contributed by atoms with E-state index in [1.807, 2.05) is 6.20 Å². The fourth-order valence-electron chi connectivity index (χ4n) is 2.85. The van der Waals surface area contributed by atoms with Crippen LogP contribution in [-0.2, 0) is 17.7 Å². The van der Waals surface area contributed by atoms with Gasteiger partial charge in [-0.2, -0.15) is 0 Å². The third-order valence-corrected chi connectivity index (χ3v) is 3.94. The van der Waals surface area contributed by atoms with Crippen LogP contribution in [-0.4, -0.2) is 63.4 Å². The summed E-state index contributed by atoms with van der Waals surface area (Å²) in [7, 11) is 0. The fraction of sp³-hybridized carbons (Fsp3) is 0.500. The molecule has 2 unspecified atom stereocenters. The van der Waals surface area contributed by atoms with Crippen molar-refractivity contribution in [2.45, 2.75) is 25.2 Å². The van der Waals surface area contributed by atoms with E-state index >= 15 is 0 Å². The van der Waals surface area contributed by atoms with Crippen LogP contribution in [0.4, 0.5) is 4.39 Å². The van der Waals surface area contributed by atoms with Crippen LogP contribution in [0.25, 0.3) is 0 Å². The molecule has 3 rings (SSSR count). The normalized spacial score (nSPS) is 20.5. The van der Waals surface area contributed by atoms with Gasteiger partial charge in [-0.05, 0) is 24.1 Å². The quantitative estimate of drug-likeness (QED) is 0.850. The second-order valence-electron chi connectivity index (χ2n) is 5.86. The lowest BCUT2D eigenvalue weighted by Crippen LogP contribution is -2.47. The predicted molar refractivity (Wildman–Crippen MR) is 82.3 cm³/mol. The Bertz CT molecular complexity index is 591. The van der Waals surface area contributed by atoms with Crippen molar-refractivity contribution in [3.63, 3.8) is 0 Å². The molecule has 2 heterocycles. The van der Waals surface area contributed by atoms with Crippen molar-refractivity contribution in [1.29, 1.82) is 0 Å². The van der Waals surface area contributed by atoms with Gasteiger partial charge in [0.05, 0.1) is 31.6 Å². The Labute approximate surface area is 134 Å². The minimum absolute atomic E-state index is 0.0449. The van der Waals surface area contributed by atoms with Gasteiger partial charge in [0.25, 0.3) is 0 Å². The molecule has 1 saturated heterocycles. The molecule has 23 heavy (non-hydrogen) atoms. The van der Waals surface area contributed by atoms with Gasteiger partial charge >= 0.3 is 0 Å². The summed E-state index contributed by atoms with van der Waals surface area (Å²) in [4.78, 5) is 2.19. The molecule has 1 N–H and O–H groups in total. The molecular weight excluding hydrogens is 299 g/mol. The van der Waals surface area contributed by atoms with Gasteiger partial charge in [-0.1, -0.05) is 17.3 Å². The van der Waals surface area contributed by atoms with E-state index in [1.54, 1.807) is 23.0 Å². The summed E-state index contributed by atoms with van der Waals surface area (Å²) >= 11 is 0. The lowest BCUT2D eigenvalue weighted by atomic mass is 10.1. The van der Waals surface area contributed by atoms with Gasteiger partial charge < -0.3 is 9.84 Å². The summed E-state index contributed by atoms with van der Waals surface area (Å²) in [5.41, 5.74) is 0.936. The first-order chi connectivity index (χ1) is 11.2. The first-order valence-corrected chi connectivity index (χ1v) is 7.79. The number of aromatic nitrogens is 3. The maximum Gasteiger partial charge on any atom is 0.123 e. The molecule has 124 valence electrons. The Hall–Kier alpha value is -1.83. The number of hydrogen-bond donors (Lipinski definition) is 1. The average molecular weight is 320 g/mol. The molecule has 0 aliphatic carbocycles. The molecule has 1 aromatic heterocycles. The van der Waals surface area contributed by atoms with Gasteiger partial charge in [-0.25, -0.2) is 9.07 Å². The van der Waals surface area contributed by atoms with E-state index in [-0.39, 0.29) is 11.9 Å². The molecule has 6 nitrogen and oxygen atoms in total. The topological polar surface area (TPSA) is 63.4 Å². The van der Waals surface area contributed by atoms with Gasteiger partial charge in [-0.15, -0.1) is 5.10 Å². The average Bonchev–Trinajstić information content (AvgIpc) is 3.03. The van der Waals surface area contributed by atoms with Crippen molar-refractivity contribution in [2.24, 2.45) is 0 Å². The number of halogens is 1. The van der Waals surface area contributed by atoms with E-state index in [0.717, 1.165) is 18.7 Å². The summed E-state index contributed by atoms with van der Waals surface area (Å²) in [6.45, 7) is 3.43. The molecule has 0 amide bonds. The summed E-state index contributed by atoms with van der Waals surface area (Å²) in [6, 6.07) is 6.27. The number of aliphatic hydroxyl groups is 1. The van der Waals surface area contributed by atoms with E-state index in [0.29, 0.717) is 26.1 Å². The molecule has 1 aliphatic rings. The van der Waals surface area contributed by atoms with Crippen LogP contribution >= 0.6 is 0 Å². The highest BCUT2D eigenvalue weighted by molar-refractivity contribution is 5.16. The Kier molecular flexibility index (Phi) is 5.32. The molecule has 2 atom stereocenters. The van der Waals surface area contributed by atoms with E-state index < -0.39 is 6.10 Å². The van der Waals surface area contributed by atoms with Gasteiger partial charge in [-0.3, -0.25) is 4.90 Å². The number of rotatable bonds is 6. The van der Waals surface area contributed by atoms with Gasteiger partial charge in [0.15, 0.2) is 0 Å². The molecule has 0 saturated carbocycles. The zero-order valence-electron chi connectivity index (χ0n) is 12.9. The third-order valence-electron chi connectivity index (χ3n) is 3.94. The SMILES string of the molecule is OC(Cc1ccc(F)cc1)CN1CCOC(Cn2ccnn2)C1. The van der Waals surface area contributed by atoms with Crippen LogP contribution in [0.1, 0.15) is 5.56 Å². The minimum atomic E-state index is -0.481. The fourth-order valence-corrected chi connectivity index (χ4v) is 2.85. The Morgan fingerprint density at radius 3 is 2.91 bits per heavy atom. The van der Waals surface area contributed by atoms with Crippen molar-refractivity contribution >= 4 is 0 Å². The van der Waals surface area contributed by atoms with E-state index in [9.17, 15) is 9.50 Å². The summed E-state index contributed by atoms with van der Waals surface area (Å²) in [5, 5.41) is 18.0. The van der Waals surface area contributed by atoms with Crippen LogP contribution in [0.2, 0.25) is 0 Å². The van der Waals surface area contributed by atoms with Crippen LogP contribution in [0, 0.1) is 5.82 Å². The monoisotopic (exact) mass is 320 g/mol. The number of nitrogens with zero attached hydrogens (tertiary/aromatic N) is 4. The highest BCUT2D eigenvalue weighted by Crippen LogP contribution is 2.11. The zero-order valence-corrected chi connectivity index (χ0v) is 12.9. The molecule has 1 fully saturated rings. The summed E-state index contributed by atoms with van der Waals surface area (Å²) in [6.07, 6.45) is 3.54. The molecule has 0 spiro atoms. The van der Waals surface area contributed by atoms with Gasteiger partial charge in [0, 0.05) is 25.8 Å². The summed E-state index contributed by atoms with van der Waals surface area (Å²) in [5.74, 6) is -0.257. The van der Waals surface area contributed by atoms with Crippen molar-refractivity contribution in [2.75, 3.05) is 26.2 Å². The van der Waals surface area contributed by atoms with Crippen LogP contribution in [0.15, 0.2) is 36.7 Å². The zero-order chi connectivity index (χ0) is 16.1. The number of hydrogen-bond acceptors (Lipinski definition) is 5. The molecular formula is C16H21FN4O2. The maximum atomic E-state index is 12.9. The smallest absolute Gasteiger partial charge is 0.123 e. The van der Waals surface area contributed by atoms with Crippen molar-refractivity contribution in [3.8, 4) is 0 Å². The van der Waals surface area contributed by atoms with Crippen molar-refractivity contribution < 1.29 is 14.2 Å². The van der Waals surface area contributed by atoms with E-state index in [1.165, 1.54) is 12.1 Å². The lowest BCUT2D eigenvalue weighted by Gasteiger charge is -2.34. The molecule has 0 radical (unpaired) electrons. The predicted octanol–water partition coefficient (Wildman–Crippen LogP) is 0.722.